The van der Waals surface area contributed by atoms with Gasteiger partial charge in [0.2, 0.25) is 0 Å². The summed E-state index contributed by atoms with van der Waals surface area (Å²) in [6.45, 7) is 2.69. The lowest BCUT2D eigenvalue weighted by Crippen LogP contribution is -1.81. The molecule has 0 amide bonds. The number of hydrogen-bond donors (Lipinski definition) is 0. The standard InChI is InChI=1S/C6H10O2/c1-2-5-8-6-3-4-7/h3-4,6H,2,5H2,1H3/b6-3-. The molecule has 0 spiro atoms. The summed E-state index contributed by atoms with van der Waals surface area (Å²) < 4.78 is 4.81. The van der Waals surface area contributed by atoms with Gasteiger partial charge >= 0.3 is 0 Å². The lowest BCUT2D eigenvalue weighted by molar-refractivity contribution is -0.104. The van der Waals surface area contributed by atoms with Crippen molar-refractivity contribution in [2.75, 3.05) is 6.61 Å². The molecule has 0 saturated heterocycles. The Morgan fingerprint density at radius 2 is 2.38 bits per heavy atom. The summed E-state index contributed by atoms with van der Waals surface area (Å²) in [6.07, 6.45) is 4.39. The van der Waals surface area contributed by atoms with Gasteiger partial charge in [-0.2, -0.15) is 0 Å². The van der Waals surface area contributed by atoms with E-state index in [-0.39, 0.29) is 0 Å². The van der Waals surface area contributed by atoms with Crippen molar-refractivity contribution in [1.29, 1.82) is 0 Å². The number of aldehydes is 1. The van der Waals surface area contributed by atoms with Gasteiger partial charge in [-0.1, -0.05) is 6.92 Å². The van der Waals surface area contributed by atoms with Crippen LogP contribution >= 0.6 is 0 Å². The van der Waals surface area contributed by atoms with E-state index in [1.54, 1.807) is 0 Å². The zero-order valence-electron chi connectivity index (χ0n) is 4.96. The van der Waals surface area contributed by atoms with Crippen LogP contribution in [0.3, 0.4) is 0 Å². The number of carbonyl (C=O) groups excluding carboxylic acids is 1. The van der Waals surface area contributed by atoms with Gasteiger partial charge in [-0.25, -0.2) is 0 Å². The fraction of sp³-hybridized carbons (Fsp3) is 0.500. The third-order valence-electron chi connectivity index (χ3n) is 0.575. The maximum absolute atomic E-state index is 9.60. The van der Waals surface area contributed by atoms with Crippen LogP contribution in [0.4, 0.5) is 0 Å². The van der Waals surface area contributed by atoms with E-state index in [4.69, 9.17) is 4.74 Å². The van der Waals surface area contributed by atoms with E-state index >= 15 is 0 Å². The summed E-state index contributed by atoms with van der Waals surface area (Å²) in [5.74, 6) is 0. The average molecular weight is 114 g/mol. The van der Waals surface area contributed by atoms with Crippen LogP contribution in [0.15, 0.2) is 12.3 Å². The fourth-order valence-corrected chi connectivity index (χ4v) is 0.274. The van der Waals surface area contributed by atoms with Crippen molar-refractivity contribution in [2.24, 2.45) is 0 Å². The monoisotopic (exact) mass is 114 g/mol. The number of rotatable bonds is 4. The molecule has 0 saturated carbocycles. The summed E-state index contributed by atoms with van der Waals surface area (Å²) in [5.41, 5.74) is 0. The van der Waals surface area contributed by atoms with Crippen LogP contribution in [0, 0.1) is 0 Å². The summed E-state index contributed by atoms with van der Waals surface area (Å²) in [6, 6.07) is 0. The summed E-state index contributed by atoms with van der Waals surface area (Å²) in [7, 11) is 0. The Morgan fingerprint density at radius 1 is 1.62 bits per heavy atom. The molecule has 0 aromatic rings. The molecule has 0 aliphatic heterocycles. The zero-order chi connectivity index (χ0) is 6.24. The number of hydrogen-bond acceptors (Lipinski definition) is 2. The van der Waals surface area contributed by atoms with Crippen LogP contribution in [-0.2, 0) is 9.53 Å². The highest BCUT2D eigenvalue weighted by Gasteiger charge is 1.72. The van der Waals surface area contributed by atoms with E-state index in [2.05, 4.69) is 0 Å². The normalized spacial score (nSPS) is 9.62. The highest BCUT2D eigenvalue weighted by atomic mass is 16.5. The van der Waals surface area contributed by atoms with Crippen molar-refractivity contribution in [2.45, 2.75) is 13.3 Å². The van der Waals surface area contributed by atoms with Crippen LogP contribution in [0.1, 0.15) is 13.3 Å². The minimum atomic E-state index is 0.685. The van der Waals surface area contributed by atoms with E-state index in [1.165, 1.54) is 12.3 Å². The summed E-state index contributed by atoms with van der Waals surface area (Å²) in [4.78, 5) is 9.60. The molecule has 0 aromatic carbocycles. The largest absolute Gasteiger partial charge is 0.501 e. The molecule has 0 aliphatic carbocycles. The first kappa shape index (κ1) is 7.21. The predicted octanol–water partition coefficient (Wildman–Crippen LogP) is 1.13. The molecule has 0 heterocycles. The first-order chi connectivity index (χ1) is 3.91. The molecule has 0 bridgehead atoms. The van der Waals surface area contributed by atoms with Gasteiger partial charge < -0.3 is 4.74 Å². The topological polar surface area (TPSA) is 26.3 Å². The van der Waals surface area contributed by atoms with Crippen molar-refractivity contribution in [3.8, 4) is 0 Å². The molecule has 0 atom stereocenters. The third-order valence-corrected chi connectivity index (χ3v) is 0.575. The van der Waals surface area contributed by atoms with Gasteiger partial charge in [-0.3, -0.25) is 4.79 Å². The second-order valence-corrected chi connectivity index (χ2v) is 1.34. The van der Waals surface area contributed by atoms with E-state index < -0.39 is 0 Å². The van der Waals surface area contributed by atoms with Gasteiger partial charge in [0.15, 0.2) is 0 Å². The van der Waals surface area contributed by atoms with Gasteiger partial charge in [-0.15, -0.1) is 0 Å². The Labute approximate surface area is 49.1 Å². The Balaban J connectivity index is 2.91. The van der Waals surface area contributed by atoms with Crippen LogP contribution in [-0.4, -0.2) is 12.9 Å². The quantitative estimate of drug-likeness (QED) is 0.237. The first-order valence-electron chi connectivity index (χ1n) is 2.63. The minimum Gasteiger partial charge on any atom is -0.501 e. The molecule has 0 rings (SSSR count). The molecule has 2 nitrogen and oxygen atoms in total. The molecule has 0 N–H and O–H groups in total. The Bertz CT molecular complexity index is 76.6. The van der Waals surface area contributed by atoms with E-state index in [0.29, 0.717) is 12.9 Å². The SMILES string of the molecule is CCCO/C=C\C=O. The maximum atomic E-state index is 9.60. The lowest BCUT2D eigenvalue weighted by atomic mass is 10.5. The van der Waals surface area contributed by atoms with Crippen molar-refractivity contribution in [3.05, 3.63) is 12.3 Å². The van der Waals surface area contributed by atoms with Crippen LogP contribution < -0.4 is 0 Å². The number of allylic oxidation sites excluding steroid dienone is 1. The van der Waals surface area contributed by atoms with Crippen molar-refractivity contribution in [3.63, 3.8) is 0 Å². The fourth-order valence-electron chi connectivity index (χ4n) is 0.274. The highest BCUT2D eigenvalue weighted by Crippen LogP contribution is 1.79. The van der Waals surface area contributed by atoms with Crippen LogP contribution in [0.2, 0.25) is 0 Å². The second kappa shape index (κ2) is 6.21. The molecule has 0 radical (unpaired) electrons. The summed E-state index contributed by atoms with van der Waals surface area (Å²) >= 11 is 0. The van der Waals surface area contributed by atoms with Gasteiger partial charge in [-0.05, 0) is 6.42 Å². The maximum Gasteiger partial charge on any atom is 0.145 e. The Hall–Kier alpha value is -0.790. The molecular weight excluding hydrogens is 104 g/mol. The average Bonchev–Trinajstić information content (AvgIpc) is 1.81. The van der Waals surface area contributed by atoms with E-state index in [1.807, 2.05) is 6.92 Å². The van der Waals surface area contributed by atoms with Crippen molar-refractivity contribution >= 4 is 6.29 Å². The zero-order valence-corrected chi connectivity index (χ0v) is 4.96. The molecular formula is C6H10O2. The van der Waals surface area contributed by atoms with Crippen LogP contribution in [0.5, 0.6) is 0 Å². The molecule has 0 fully saturated rings. The van der Waals surface area contributed by atoms with E-state index in [9.17, 15) is 4.79 Å². The molecule has 8 heavy (non-hydrogen) atoms. The predicted molar refractivity (Wildman–Crippen MR) is 31.4 cm³/mol. The molecule has 46 valence electrons. The Morgan fingerprint density at radius 3 is 2.88 bits per heavy atom. The summed E-state index contributed by atoms with van der Waals surface area (Å²) in [5, 5.41) is 0. The smallest absolute Gasteiger partial charge is 0.145 e. The molecule has 0 aliphatic rings. The Kier molecular flexibility index (Phi) is 5.60. The van der Waals surface area contributed by atoms with Gasteiger partial charge in [0.1, 0.15) is 6.29 Å². The first-order valence-corrected chi connectivity index (χ1v) is 2.63. The molecule has 0 unspecified atom stereocenters. The molecule has 2 heteroatoms. The lowest BCUT2D eigenvalue weighted by Gasteiger charge is -1.91. The van der Waals surface area contributed by atoms with E-state index in [0.717, 1.165) is 6.42 Å². The number of carbonyl (C=O) groups is 1. The van der Waals surface area contributed by atoms with Gasteiger partial charge in [0, 0.05) is 6.08 Å². The second-order valence-electron chi connectivity index (χ2n) is 1.34. The highest BCUT2D eigenvalue weighted by molar-refractivity contribution is 5.64. The van der Waals surface area contributed by atoms with Gasteiger partial charge in [0.05, 0.1) is 12.9 Å². The third kappa shape index (κ3) is 5.21. The van der Waals surface area contributed by atoms with Gasteiger partial charge in [0.25, 0.3) is 0 Å². The number of ether oxygens (including phenoxy) is 1. The van der Waals surface area contributed by atoms with Crippen LogP contribution in [0.25, 0.3) is 0 Å². The van der Waals surface area contributed by atoms with Crippen molar-refractivity contribution < 1.29 is 9.53 Å². The molecule has 0 aromatic heterocycles. The minimum absolute atomic E-state index is 0.685. The van der Waals surface area contributed by atoms with Crippen molar-refractivity contribution in [1.82, 2.24) is 0 Å².